The summed E-state index contributed by atoms with van der Waals surface area (Å²) in [4.78, 5) is 4.23. The van der Waals surface area contributed by atoms with E-state index in [0.717, 1.165) is 0 Å². The fourth-order valence-corrected chi connectivity index (χ4v) is 1.80. The molecule has 6 heteroatoms. The van der Waals surface area contributed by atoms with E-state index in [9.17, 15) is 0 Å². The number of methoxy groups -OCH3 is 1. The van der Waals surface area contributed by atoms with Crippen LogP contribution in [0.25, 0.3) is 11.1 Å². The monoisotopic (exact) mass is 260 g/mol. The van der Waals surface area contributed by atoms with Crippen LogP contribution in [0.5, 0.6) is 0 Å². The number of nitrogen functional groups attached to an aromatic ring is 1. The lowest BCUT2D eigenvalue weighted by molar-refractivity contribution is 0.196. The lowest BCUT2D eigenvalue weighted by Gasteiger charge is -1.98. The van der Waals surface area contributed by atoms with Crippen molar-refractivity contribution in [2.75, 3.05) is 19.5 Å². The molecule has 1 aromatic heterocycles. The molecule has 4 nitrogen and oxygen atoms in total. The zero-order valence-electron chi connectivity index (χ0n) is 8.59. The Bertz CT molecular complexity index is 525. The molecule has 0 aliphatic carbocycles. The smallest absolute Gasteiger partial charge is 0.197 e. The fourth-order valence-electron chi connectivity index (χ4n) is 1.37. The minimum absolute atomic E-state index is 0.343. The van der Waals surface area contributed by atoms with Crippen molar-refractivity contribution in [2.24, 2.45) is 0 Å². The second-order valence-electron chi connectivity index (χ2n) is 3.29. The van der Waals surface area contributed by atoms with Gasteiger partial charge in [-0.25, -0.2) is 4.98 Å². The first kappa shape index (κ1) is 11.5. The van der Waals surface area contributed by atoms with Gasteiger partial charge < -0.3 is 14.9 Å². The van der Waals surface area contributed by atoms with Crippen molar-refractivity contribution < 1.29 is 9.15 Å². The van der Waals surface area contributed by atoms with Crippen LogP contribution in [0.2, 0.25) is 10.0 Å². The number of fused-ring (bicyclic) bond motifs is 1. The van der Waals surface area contributed by atoms with Crippen LogP contribution in [-0.4, -0.2) is 18.7 Å². The van der Waals surface area contributed by atoms with Gasteiger partial charge >= 0.3 is 0 Å². The average molecular weight is 261 g/mol. The molecule has 1 aromatic carbocycles. The minimum atomic E-state index is 0.343. The number of rotatable bonds is 3. The maximum absolute atomic E-state index is 6.00. The van der Waals surface area contributed by atoms with Gasteiger partial charge in [-0.3, -0.25) is 0 Å². The Balaban J connectivity index is 2.52. The summed E-state index contributed by atoms with van der Waals surface area (Å²) < 4.78 is 10.4. The van der Waals surface area contributed by atoms with Crippen LogP contribution in [-0.2, 0) is 11.2 Å². The molecule has 0 saturated carbocycles. The van der Waals surface area contributed by atoms with Gasteiger partial charge in [0.25, 0.3) is 0 Å². The highest BCUT2D eigenvalue weighted by Gasteiger charge is 2.14. The van der Waals surface area contributed by atoms with Crippen molar-refractivity contribution in [3.63, 3.8) is 0 Å². The number of nitrogens with two attached hydrogens (primary N) is 1. The Morgan fingerprint density at radius 2 is 2.25 bits per heavy atom. The summed E-state index contributed by atoms with van der Waals surface area (Å²) >= 11 is 12.0. The molecule has 0 atom stereocenters. The van der Waals surface area contributed by atoms with E-state index >= 15 is 0 Å². The zero-order valence-corrected chi connectivity index (χ0v) is 10.1. The fraction of sp³-hybridized carbons (Fsp3) is 0.300. The van der Waals surface area contributed by atoms with Crippen LogP contribution in [0, 0.1) is 0 Å². The summed E-state index contributed by atoms with van der Waals surface area (Å²) in [7, 11) is 1.61. The van der Waals surface area contributed by atoms with E-state index in [0.29, 0.717) is 45.8 Å². The first-order chi connectivity index (χ1) is 7.63. The zero-order chi connectivity index (χ0) is 11.7. The van der Waals surface area contributed by atoms with E-state index in [1.807, 2.05) is 0 Å². The molecule has 2 aromatic rings. The Labute approximate surface area is 102 Å². The van der Waals surface area contributed by atoms with E-state index in [1.54, 1.807) is 13.2 Å². The van der Waals surface area contributed by atoms with Gasteiger partial charge in [-0.15, -0.1) is 0 Å². The Hall–Kier alpha value is -0.970. The van der Waals surface area contributed by atoms with E-state index in [-0.39, 0.29) is 0 Å². The molecular formula is C10H10Cl2N2O2. The highest BCUT2D eigenvalue weighted by atomic mass is 35.5. The van der Waals surface area contributed by atoms with Crippen molar-refractivity contribution >= 4 is 40.0 Å². The predicted octanol–water partition coefficient (Wildman–Crippen LogP) is 2.91. The van der Waals surface area contributed by atoms with E-state index < -0.39 is 0 Å². The summed E-state index contributed by atoms with van der Waals surface area (Å²) in [5.74, 6) is 0.534. The Kier molecular flexibility index (Phi) is 3.23. The van der Waals surface area contributed by atoms with Crippen LogP contribution in [0.15, 0.2) is 10.5 Å². The second kappa shape index (κ2) is 4.49. The standard InChI is InChI=1S/C10H10Cl2N2O2/c1-15-3-2-7-14-9-5(11)4-6(13)8(12)10(9)16-7/h4H,2-3,13H2,1H3. The second-order valence-corrected chi connectivity index (χ2v) is 4.07. The largest absolute Gasteiger partial charge is 0.439 e. The van der Waals surface area contributed by atoms with Crippen LogP contribution >= 0.6 is 23.2 Å². The van der Waals surface area contributed by atoms with Crippen LogP contribution in [0.4, 0.5) is 5.69 Å². The maximum Gasteiger partial charge on any atom is 0.197 e. The first-order valence-corrected chi connectivity index (χ1v) is 5.41. The lowest BCUT2D eigenvalue weighted by Crippen LogP contribution is -1.93. The van der Waals surface area contributed by atoms with Gasteiger partial charge in [0.15, 0.2) is 11.5 Å². The lowest BCUT2D eigenvalue weighted by atomic mass is 10.3. The molecule has 1 heterocycles. The number of anilines is 1. The SMILES string of the molecule is COCCc1nc2c(Cl)cc(N)c(Cl)c2o1. The molecule has 16 heavy (non-hydrogen) atoms. The molecular weight excluding hydrogens is 251 g/mol. The third kappa shape index (κ3) is 1.96. The van der Waals surface area contributed by atoms with Crippen molar-refractivity contribution in [1.82, 2.24) is 4.98 Å². The van der Waals surface area contributed by atoms with E-state index in [1.165, 1.54) is 0 Å². The number of halogens is 2. The number of ether oxygens (including phenoxy) is 1. The molecule has 0 aliphatic heterocycles. The quantitative estimate of drug-likeness (QED) is 0.863. The summed E-state index contributed by atoms with van der Waals surface area (Å²) in [5, 5.41) is 0.778. The van der Waals surface area contributed by atoms with Crippen LogP contribution in [0.3, 0.4) is 0 Å². The molecule has 0 bridgehead atoms. The summed E-state index contributed by atoms with van der Waals surface area (Å²) in [6, 6.07) is 1.56. The number of hydrogen-bond donors (Lipinski definition) is 1. The predicted molar refractivity (Wildman–Crippen MR) is 64.0 cm³/mol. The molecule has 0 unspecified atom stereocenters. The van der Waals surface area contributed by atoms with E-state index in [2.05, 4.69) is 4.98 Å². The van der Waals surface area contributed by atoms with Gasteiger partial charge in [-0.05, 0) is 6.07 Å². The van der Waals surface area contributed by atoms with Crippen molar-refractivity contribution in [1.29, 1.82) is 0 Å². The highest BCUT2D eigenvalue weighted by Crippen LogP contribution is 2.34. The first-order valence-electron chi connectivity index (χ1n) is 4.65. The minimum Gasteiger partial charge on any atom is -0.439 e. The normalized spacial score (nSPS) is 11.2. The molecule has 0 radical (unpaired) electrons. The molecule has 0 fully saturated rings. The van der Waals surface area contributed by atoms with Crippen molar-refractivity contribution in [2.45, 2.75) is 6.42 Å². The Morgan fingerprint density at radius 1 is 1.50 bits per heavy atom. The molecule has 86 valence electrons. The molecule has 2 N–H and O–H groups in total. The third-order valence-electron chi connectivity index (χ3n) is 2.15. The van der Waals surface area contributed by atoms with Gasteiger partial charge in [0.2, 0.25) is 0 Å². The van der Waals surface area contributed by atoms with Crippen molar-refractivity contribution in [3.8, 4) is 0 Å². The molecule has 0 aliphatic rings. The topological polar surface area (TPSA) is 61.3 Å². The van der Waals surface area contributed by atoms with Crippen LogP contribution in [0.1, 0.15) is 5.89 Å². The highest BCUT2D eigenvalue weighted by molar-refractivity contribution is 6.41. The van der Waals surface area contributed by atoms with Gasteiger partial charge in [-0.2, -0.15) is 0 Å². The van der Waals surface area contributed by atoms with E-state index in [4.69, 9.17) is 38.1 Å². The van der Waals surface area contributed by atoms with Gasteiger partial charge in [0.05, 0.1) is 17.3 Å². The summed E-state index contributed by atoms with van der Waals surface area (Å²) in [6.45, 7) is 0.525. The number of aromatic nitrogens is 1. The summed E-state index contributed by atoms with van der Waals surface area (Å²) in [6.07, 6.45) is 0.567. The molecule has 0 spiro atoms. The third-order valence-corrected chi connectivity index (χ3v) is 2.83. The molecule has 0 amide bonds. The Morgan fingerprint density at radius 3 is 2.94 bits per heavy atom. The van der Waals surface area contributed by atoms with Gasteiger partial charge in [0.1, 0.15) is 10.5 Å². The maximum atomic E-state index is 6.00. The average Bonchev–Trinajstić information content (AvgIpc) is 2.68. The van der Waals surface area contributed by atoms with Crippen molar-refractivity contribution in [3.05, 3.63) is 22.0 Å². The molecule has 2 rings (SSSR count). The van der Waals surface area contributed by atoms with Gasteiger partial charge in [0, 0.05) is 13.5 Å². The number of oxazole rings is 1. The number of benzene rings is 1. The number of hydrogen-bond acceptors (Lipinski definition) is 4. The number of nitrogens with zero attached hydrogens (tertiary/aromatic N) is 1. The summed E-state index contributed by atoms with van der Waals surface area (Å²) in [5.41, 5.74) is 7.01. The molecule has 0 saturated heterocycles. The van der Waals surface area contributed by atoms with Crippen LogP contribution < -0.4 is 5.73 Å². The van der Waals surface area contributed by atoms with Gasteiger partial charge in [-0.1, -0.05) is 23.2 Å².